The van der Waals surface area contributed by atoms with Gasteiger partial charge in [-0.1, -0.05) is 6.07 Å². The quantitative estimate of drug-likeness (QED) is 0.0717. The molecule has 48 heavy (non-hydrogen) atoms. The van der Waals surface area contributed by atoms with Crippen LogP contribution in [0.4, 0.5) is 17.5 Å². The lowest BCUT2D eigenvalue weighted by Gasteiger charge is -2.34. The summed E-state index contributed by atoms with van der Waals surface area (Å²) in [5.41, 5.74) is 2.68. The van der Waals surface area contributed by atoms with Gasteiger partial charge in [0.15, 0.2) is 23.7 Å². The molecule has 13 nitrogen and oxygen atoms in total. The Bertz CT molecular complexity index is 2020. The summed E-state index contributed by atoms with van der Waals surface area (Å²) >= 11 is 8.59. The summed E-state index contributed by atoms with van der Waals surface area (Å²) in [5.74, 6) is 2.48. The predicted molar refractivity (Wildman–Crippen MR) is 194 cm³/mol. The molecule has 7 heterocycles. The molecule has 16 heteroatoms. The third kappa shape index (κ3) is 7.66. The molecule has 6 aromatic heterocycles. The first kappa shape index (κ1) is 33.9. The maximum absolute atomic E-state index is 11.5. The van der Waals surface area contributed by atoms with Crippen molar-refractivity contribution < 1.29 is 9.84 Å². The number of nitrogens with one attached hydrogen (secondary N) is 2. The average Bonchev–Trinajstić information content (AvgIpc) is 3.82. The van der Waals surface area contributed by atoms with Gasteiger partial charge in [-0.15, -0.1) is 11.8 Å². The van der Waals surface area contributed by atoms with Crippen LogP contribution in [0.2, 0.25) is 0 Å². The molecule has 250 valence electrons. The van der Waals surface area contributed by atoms with Crippen LogP contribution in [0.3, 0.4) is 0 Å². The van der Waals surface area contributed by atoms with E-state index in [9.17, 15) is 10.3 Å². The van der Waals surface area contributed by atoms with Crippen LogP contribution in [0.1, 0.15) is 37.8 Å². The molecule has 7 rings (SSSR count). The molecule has 1 saturated heterocycles. The van der Waals surface area contributed by atoms with Crippen molar-refractivity contribution in [2.24, 2.45) is 0 Å². The molecule has 6 aromatic rings. The maximum atomic E-state index is 11.5. The van der Waals surface area contributed by atoms with E-state index in [1.165, 1.54) is 12.4 Å². The lowest BCUT2D eigenvalue weighted by atomic mass is 9.97. The molecular weight excluding hydrogens is 762 g/mol. The molecule has 1 aliphatic heterocycles. The number of nitrogens with zero attached hydrogens (tertiary/aromatic N) is 9. The molecule has 0 amide bonds. The zero-order valence-electron chi connectivity index (χ0n) is 26.6. The summed E-state index contributed by atoms with van der Waals surface area (Å²) in [5, 5.41) is 38.5. The van der Waals surface area contributed by atoms with Crippen LogP contribution in [-0.2, 0) is 13.1 Å². The highest BCUT2D eigenvalue weighted by atomic mass is 79.9. The van der Waals surface area contributed by atoms with Crippen LogP contribution in [0.5, 0.6) is 0 Å². The fourth-order valence-corrected chi connectivity index (χ4v) is 6.71. The first-order valence-corrected chi connectivity index (χ1v) is 18.1. The number of thioether (sulfide) groups is 1. The van der Waals surface area contributed by atoms with Gasteiger partial charge in [-0.05, 0) is 82.5 Å². The predicted octanol–water partition coefficient (Wildman–Crippen LogP) is 5.70. The number of rotatable bonds is 9. The van der Waals surface area contributed by atoms with Crippen molar-refractivity contribution in [2.75, 3.05) is 28.3 Å². The Morgan fingerprint density at radius 3 is 2.29 bits per heavy atom. The number of halogens is 2. The van der Waals surface area contributed by atoms with Crippen molar-refractivity contribution in [2.45, 2.75) is 56.4 Å². The first-order valence-electron chi connectivity index (χ1n) is 15.3. The monoisotopic (exact) mass is 795 g/mol. The largest absolute Gasteiger partial charge is 0.619 e. The van der Waals surface area contributed by atoms with Crippen LogP contribution < -0.4 is 20.3 Å². The molecule has 0 radical (unpaired) electrons. The fraction of sp³-hybridized carbons (Fsp3) is 0.312. The summed E-state index contributed by atoms with van der Waals surface area (Å²) in [6.07, 6.45) is 14.0. The van der Waals surface area contributed by atoms with Crippen LogP contribution in [0, 0.1) is 5.21 Å². The van der Waals surface area contributed by atoms with Gasteiger partial charge in [0, 0.05) is 55.8 Å². The van der Waals surface area contributed by atoms with E-state index in [2.05, 4.69) is 67.6 Å². The maximum Gasteiger partial charge on any atom is 0.185 e. The summed E-state index contributed by atoms with van der Waals surface area (Å²) < 4.78 is 6.00. The lowest BCUT2D eigenvalue weighted by molar-refractivity contribution is -0.605. The van der Waals surface area contributed by atoms with Gasteiger partial charge in [-0.25, -0.2) is 9.97 Å². The van der Waals surface area contributed by atoms with Gasteiger partial charge >= 0.3 is 0 Å². The number of aliphatic hydroxyl groups is 1. The molecule has 0 aliphatic carbocycles. The van der Waals surface area contributed by atoms with Crippen molar-refractivity contribution in [3.8, 4) is 0 Å². The van der Waals surface area contributed by atoms with Gasteiger partial charge in [0.2, 0.25) is 0 Å². The van der Waals surface area contributed by atoms with Crippen molar-refractivity contribution in [3.63, 3.8) is 0 Å². The van der Waals surface area contributed by atoms with E-state index in [4.69, 9.17) is 4.98 Å². The van der Waals surface area contributed by atoms with E-state index in [1.54, 1.807) is 45.4 Å². The second kappa shape index (κ2) is 14.6. The molecule has 1 atom stereocenters. The Balaban J connectivity index is 0.000000177. The number of anilines is 3. The van der Waals surface area contributed by atoms with E-state index in [0.29, 0.717) is 18.7 Å². The highest BCUT2D eigenvalue weighted by Gasteiger charge is 2.37. The lowest BCUT2D eigenvalue weighted by Crippen LogP contribution is -2.46. The Morgan fingerprint density at radius 2 is 1.65 bits per heavy atom. The minimum atomic E-state index is -0.818. The van der Waals surface area contributed by atoms with E-state index in [0.717, 1.165) is 72.3 Å². The number of hydrogen-bond donors (Lipinski definition) is 3. The Kier molecular flexibility index (Phi) is 10.3. The minimum Gasteiger partial charge on any atom is -0.619 e. The molecule has 3 N–H and O–H groups in total. The Labute approximate surface area is 298 Å². The van der Waals surface area contributed by atoms with Crippen LogP contribution in [0.15, 0.2) is 87.6 Å². The normalized spacial score (nSPS) is 14.7. The molecule has 1 aliphatic rings. The summed E-state index contributed by atoms with van der Waals surface area (Å²) in [6.45, 7) is 5.70. The third-order valence-corrected chi connectivity index (χ3v) is 9.64. The van der Waals surface area contributed by atoms with Crippen LogP contribution >= 0.6 is 43.6 Å². The van der Waals surface area contributed by atoms with Gasteiger partial charge in [-0.2, -0.15) is 24.0 Å². The molecule has 1 fully saturated rings. The van der Waals surface area contributed by atoms with E-state index in [1.807, 2.05) is 56.6 Å². The topological polar surface area (TPSA) is 148 Å². The molecule has 0 aromatic carbocycles. The zero-order chi connectivity index (χ0) is 33.8. The van der Waals surface area contributed by atoms with Crippen molar-refractivity contribution >= 4 is 72.4 Å². The number of hydrogen-bond acceptors (Lipinski definition) is 11. The van der Waals surface area contributed by atoms with E-state index in [-0.39, 0.29) is 6.04 Å². The Hall–Kier alpha value is -3.99. The highest BCUT2D eigenvalue weighted by Crippen LogP contribution is 2.33. The summed E-state index contributed by atoms with van der Waals surface area (Å²) in [6, 6.07) is 11.5. The second-order valence-corrected chi connectivity index (χ2v) is 14.3. The van der Waals surface area contributed by atoms with Crippen LogP contribution in [-0.4, -0.2) is 63.7 Å². The number of fused-ring (bicyclic) bond motifs is 2. The smallest absolute Gasteiger partial charge is 0.185 e. The molecule has 0 spiro atoms. The van der Waals surface area contributed by atoms with Gasteiger partial charge in [-0.3, -0.25) is 4.98 Å². The summed E-state index contributed by atoms with van der Waals surface area (Å²) in [7, 11) is 0. The molecule has 0 bridgehead atoms. The Morgan fingerprint density at radius 1 is 0.979 bits per heavy atom. The van der Waals surface area contributed by atoms with Crippen molar-refractivity contribution in [1.82, 2.24) is 34.2 Å². The molecule has 0 unspecified atom stereocenters. The number of aromatic nitrogens is 8. The molecular formula is C32H35Br2N11O2S. The van der Waals surface area contributed by atoms with Crippen molar-refractivity contribution in [1.29, 1.82) is 0 Å². The zero-order valence-corrected chi connectivity index (χ0v) is 30.6. The molecule has 0 saturated carbocycles. The first-order chi connectivity index (χ1) is 23.1. The van der Waals surface area contributed by atoms with Crippen molar-refractivity contribution in [3.05, 3.63) is 98.9 Å². The van der Waals surface area contributed by atoms with E-state index < -0.39 is 5.60 Å². The second-order valence-electron chi connectivity index (χ2n) is 11.8. The van der Waals surface area contributed by atoms with Gasteiger partial charge < -0.3 is 25.8 Å². The minimum absolute atomic E-state index is 0.00513. The van der Waals surface area contributed by atoms with E-state index >= 15 is 0 Å². The highest BCUT2D eigenvalue weighted by molar-refractivity contribution is 9.11. The number of pyridine rings is 2. The van der Waals surface area contributed by atoms with Gasteiger partial charge in [0.25, 0.3) is 0 Å². The third-order valence-electron chi connectivity index (χ3n) is 7.90. The van der Waals surface area contributed by atoms with Gasteiger partial charge in [0.05, 0.1) is 33.0 Å². The average molecular weight is 798 g/mol. The fourth-order valence-electron chi connectivity index (χ4n) is 5.61. The van der Waals surface area contributed by atoms with Gasteiger partial charge in [0.1, 0.15) is 22.5 Å². The SMILES string of the molecule is CC(C)(O)[C@@H]1CCCN1c1cc(NCc2ccc[n+]([O-])c2)n2ncc(Br)c2n1.CSc1cc(NCc2cccnc2)n2ncc(Br)c2n1. The van der Waals surface area contributed by atoms with Crippen LogP contribution in [0.25, 0.3) is 11.3 Å². The summed E-state index contributed by atoms with van der Waals surface area (Å²) in [4.78, 5) is 15.6. The standard InChI is InChI=1S/C19H23BrN6O2.C13H12BrN5S/c1-19(2,27)15-6-4-8-25(15)17-9-16(26-18(23-17)14(20)11-22-26)21-10-13-5-3-7-24(28)12-13;1-20-12-5-11(16-7-9-3-2-4-15-6-9)19-13(18-12)10(14)8-17-19/h3,5,7,9,11-12,15,21,27H,4,6,8,10H2,1-2H3;2-6,8,16H,7H2,1H3/t15-;/m0./s1.